The van der Waals surface area contributed by atoms with Gasteiger partial charge in [-0.1, -0.05) is 23.8 Å². The van der Waals surface area contributed by atoms with E-state index in [-0.39, 0.29) is 6.10 Å². The third-order valence-corrected chi connectivity index (χ3v) is 4.76. The van der Waals surface area contributed by atoms with Crippen molar-refractivity contribution < 1.29 is 17.9 Å². The fourth-order valence-electron chi connectivity index (χ4n) is 3.49. The monoisotopic (exact) mass is 360 g/mol. The van der Waals surface area contributed by atoms with Gasteiger partial charge in [-0.15, -0.1) is 0 Å². The maximum Gasteiger partial charge on any atom is 0.416 e. The third kappa shape index (κ3) is 3.21. The van der Waals surface area contributed by atoms with Crippen molar-refractivity contribution in [2.24, 2.45) is 0 Å². The number of aromatic nitrogens is 2. The molecule has 3 nitrogen and oxygen atoms in total. The van der Waals surface area contributed by atoms with E-state index in [0.717, 1.165) is 42.7 Å². The number of fused-ring (bicyclic) bond motifs is 1. The second-order valence-corrected chi connectivity index (χ2v) is 6.75. The number of alkyl halides is 3. The van der Waals surface area contributed by atoms with Crippen LogP contribution in [0.15, 0.2) is 42.5 Å². The molecule has 0 amide bonds. The molecule has 2 heterocycles. The summed E-state index contributed by atoms with van der Waals surface area (Å²) in [6, 6.07) is 11.6. The van der Waals surface area contributed by atoms with Gasteiger partial charge in [0.2, 0.25) is 0 Å². The van der Waals surface area contributed by atoms with Crippen molar-refractivity contribution >= 4 is 11.0 Å². The number of hydrogen-bond acceptors (Lipinski definition) is 2. The summed E-state index contributed by atoms with van der Waals surface area (Å²) in [5.74, 6) is 0.679. The Kier molecular flexibility index (Phi) is 4.23. The molecular formula is C20H19F3N2O. The van der Waals surface area contributed by atoms with Gasteiger partial charge in [0.25, 0.3) is 0 Å². The summed E-state index contributed by atoms with van der Waals surface area (Å²) in [5, 5.41) is 0. The largest absolute Gasteiger partial charge is 0.416 e. The molecule has 136 valence electrons. The predicted octanol–water partition coefficient (Wildman–Crippen LogP) is 5.21. The first-order valence-electron chi connectivity index (χ1n) is 8.68. The molecule has 1 atom stereocenters. The molecule has 1 fully saturated rings. The van der Waals surface area contributed by atoms with E-state index in [2.05, 4.69) is 4.98 Å². The summed E-state index contributed by atoms with van der Waals surface area (Å²) in [5.41, 5.74) is 2.35. The number of benzene rings is 2. The van der Waals surface area contributed by atoms with E-state index >= 15 is 0 Å². The number of nitrogens with zero attached hydrogens (tertiary/aromatic N) is 2. The Morgan fingerprint density at radius 3 is 2.73 bits per heavy atom. The molecule has 0 N–H and O–H groups in total. The molecule has 0 saturated carbocycles. The van der Waals surface area contributed by atoms with Gasteiger partial charge in [0.1, 0.15) is 5.82 Å². The lowest BCUT2D eigenvalue weighted by Gasteiger charge is -2.15. The summed E-state index contributed by atoms with van der Waals surface area (Å²) in [4.78, 5) is 4.55. The molecule has 4 rings (SSSR count). The predicted molar refractivity (Wildman–Crippen MR) is 93.9 cm³/mol. The Morgan fingerprint density at radius 2 is 2.04 bits per heavy atom. The van der Waals surface area contributed by atoms with E-state index in [1.807, 2.05) is 35.8 Å². The standard InChI is InChI=1S/C20H19F3N2O/c1-13-4-2-5-14(10-13)19-24-17-11-15(20(21,22)23)7-8-18(17)25(19)12-16-6-3-9-26-16/h2,4-5,7-8,10-11,16H,3,6,9,12H2,1H3. The fourth-order valence-corrected chi connectivity index (χ4v) is 3.49. The van der Waals surface area contributed by atoms with E-state index in [1.54, 1.807) is 0 Å². The Morgan fingerprint density at radius 1 is 1.19 bits per heavy atom. The minimum absolute atomic E-state index is 0.0678. The number of hydrogen-bond donors (Lipinski definition) is 0. The molecule has 0 bridgehead atoms. The van der Waals surface area contributed by atoms with Crippen LogP contribution in [0.5, 0.6) is 0 Å². The van der Waals surface area contributed by atoms with Gasteiger partial charge >= 0.3 is 6.18 Å². The van der Waals surface area contributed by atoms with Gasteiger partial charge in [0, 0.05) is 12.2 Å². The summed E-state index contributed by atoms with van der Waals surface area (Å²) >= 11 is 0. The summed E-state index contributed by atoms with van der Waals surface area (Å²) in [7, 11) is 0. The molecule has 1 aromatic heterocycles. The summed E-state index contributed by atoms with van der Waals surface area (Å²) < 4.78 is 46.9. The van der Waals surface area contributed by atoms with E-state index in [9.17, 15) is 13.2 Å². The first-order valence-corrected chi connectivity index (χ1v) is 8.68. The van der Waals surface area contributed by atoms with Crippen LogP contribution in [0.25, 0.3) is 22.4 Å². The zero-order valence-electron chi connectivity index (χ0n) is 14.4. The minimum Gasteiger partial charge on any atom is -0.376 e. The fraction of sp³-hybridized carbons (Fsp3) is 0.350. The second kappa shape index (κ2) is 6.43. The Hall–Kier alpha value is -2.34. The number of rotatable bonds is 3. The SMILES string of the molecule is Cc1cccc(-c2nc3cc(C(F)(F)F)ccc3n2CC2CCCO2)c1. The maximum absolute atomic E-state index is 13.1. The molecule has 0 radical (unpaired) electrons. The lowest BCUT2D eigenvalue weighted by atomic mass is 10.1. The molecule has 1 aliphatic rings. The van der Waals surface area contributed by atoms with Crippen LogP contribution in [-0.4, -0.2) is 22.3 Å². The highest BCUT2D eigenvalue weighted by Gasteiger charge is 2.31. The van der Waals surface area contributed by atoms with Crippen LogP contribution in [0.1, 0.15) is 24.0 Å². The Bertz CT molecular complexity index is 940. The quantitative estimate of drug-likeness (QED) is 0.641. The molecule has 0 spiro atoms. The van der Waals surface area contributed by atoms with Crippen LogP contribution in [-0.2, 0) is 17.5 Å². The van der Waals surface area contributed by atoms with Crippen molar-refractivity contribution in [3.05, 3.63) is 53.6 Å². The van der Waals surface area contributed by atoms with Gasteiger partial charge in [-0.2, -0.15) is 13.2 Å². The summed E-state index contributed by atoms with van der Waals surface area (Å²) in [6.45, 7) is 3.30. The highest BCUT2D eigenvalue weighted by molar-refractivity contribution is 5.81. The van der Waals surface area contributed by atoms with Gasteiger partial charge in [-0.3, -0.25) is 0 Å². The summed E-state index contributed by atoms with van der Waals surface area (Å²) in [6.07, 6.45) is -2.35. The first kappa shape index (κ1) is 17.1. The molecule has 1 saturated heterocycles. The Balaban J connectivity index is 1.87. The lowest BCUT2D eigenvalue weighted by molar-refractivity contribution is -0.137. The van der Waals surface area contributed by atoms with Crippen LogP contribution in [0.3, 0.4) is 0 Å². The molecule has 26 heavy (non-hydrogen) atoms. The van der Waals surface area contributed by atoms with Crippen molar-refractivity contribution in [1.82, 2.24) is 9.55 Å². The van der Waals surface area contributed by atoms with Crippen molar-refractivity contribution in [3.8, 4) is 11.4 Å². The second-order valence-electron chi connectivity index (χ2n) is 6.75. The van der Waals surface area contributed by atoms with E-state index in [4.69, 9.17) is 4.74 Å². The zero-order valence-corrected chi connectivity index (χ0v) is 14.4. The average molecular weight is 360 g/mol. The molecule has 6 heteroatoms. The van der Waals surface area contributed by atoms with Gasteiger partial charge in [0.05, 0.1) is 29.2 Å². The third-order valence-electron chi connectivity index (χ3n) is 4.76. The van der Waals surface area contributed by atoms with Gasteiger partial charge < -0.3 is 9.30 Å². The van der Waals surface area contributed by atoms with Gasteiger partial charge in [-0.05, 0) is 44.0 Å². The lowest BCUT2D eigenvalue weighted by Crippen LogP contribution is -2.15. The van der Waals surface area contributed by atoms with Crippen LogP contribution < -0.4 is 0 Å². The van der Waals surface area contributed by atoms with Gasteiger partial charge in [-0.25, -0.2) is 4.98 Å². The molecule has 1 unspecified atom stereocenters. The Labute approximate surface area is 149 Å². The first-order chi connectivity index (χ1) is 12.4. The zero-order chi connectivity index (χ0) is 18.3. The molecule has 0 aliphatic carbocycles. The number of ether oxygens (including phenoxy) is 1. The van der Waals surface area contributed by atoms with Crippen molar-refractivity contribution in [1.29, 1.82) is 0 Å². The molecular weight excluding hydrogens is 341 g/mol. The van der Waals surface area contributed by atoms with Crippen LogP contribution >= 0.6 is 0 Å². The van der Waals surface area contributed by atoms with Gasteiger partial charge in [0.15, 0.2) is 0 Å². The highest BCUT2D eigenvalue weighted by atomic mass is 19.4. The minimum atomic E-state index is -4.38. The van der Waals surface area contributed by atoms with Crippen molar-refractivity contribution in [3.63, 3.8) is 0 Å². The number of imidazole rings is 1. The average Bonchev–Trinajstić information content (AvgIpc) is 3.22. The normalized spacial score (nSPS) is 17.9. The van der Waals surface area contributed by atoms with Crippen LogP contribution in [0, 0.1) is 6.92 Å². The molecule has 2 aromatic carbocycles. The van der Waals surface area contributed by atoms with E-state index < -0.39 is 11.7 Å². The highest BCUT2D eigenvalue weighted by Crippen LogP contribution is 2.33. The van der Waals surface area contributed by atoms with E-state index in [0.29, 0.717) is 23.4 Å². The smallest absolute Gasteiger partial charge is 0.376 e. The van der Waals surface area contributed by atoms with Crippen LogP contribution in [0.4, 0.5) is 13.2 Å². The maximum atomic E-state index is 13.1. The topological polar surface area (TPSA) is 27.1 Å². The number of halogens is 3. The van der Waals surface area contributed by atoms with Crippen molar-refractivity contribution in [2.75, 3.05) is 6.61 Å². The molecule has 3 aromatic rings. The van der Waals surface area contributed by atoms with Crippen LogP contribution in [0.2, 0.25) is 0 Å². The number of aryl methyl sites for hydroxylation is 1. The molecule has 1 aliphatic heterocycles. The van der Waals surface area contributed by atoms with E-state index in [1.165, 1.54) is 6.07 Å². The van der Waals surface area contributed by atoms with Crippen molar-refractivity contribution in [2.45, 2.75) is 38.6 Å².